The molecular formula is C22H22N2O. The number of nitrogens with one attached hydrogen (secondary N) is 1. The first-order valence-corrected chi connectivity index (χ1v) is 8.38. The molecule has 25 heavy (non-hydrogen) atoms. The van der Waals surface area contributed by atoms with Crippen molar-refractivity contribution in [3.05, 3.63) is 101 Å². The van der Waals surface area contributed by atoms with Gasteiger partial charge >= 0.3 is 0 Å². The van der Waals surface area contributed by atoms with E-state index in [9.17, 15) is 0 Å². The van der Waals surface area contributed by atoms with Crippen LogP contribution in [-0.2, 0) is 13.2 Å². The van der Waals surface area contributed by atoms with Crippen molar-refractivity contribution < 1.29 is 4.74 Å². The molecule has 0 heterocycles. The summed E-state index contributed by atoms with van der Waals surface area (Å²) in [5.74, 6) is 0.859. The van der Waals surface area contributed by atoms with Gasteiger partial charge in [0.25, 0.3) is 0 Å². The zero-order chi connectivity index (χ0) is 17.3. The first-order chi connectivity index (χ1) is 12.3. The Morgan fingerprint density at radius 3 is 2.36 bits per heavy atom. The van der Waals surface area contributed by atoms with Crippen molar-refractivity contribution in [3.63, 3.8) is 0 Å². The molecule has 0 bridgehead atoms. The lowest BCUT2D eigenvalue weighted by molar-refractivity contribution is 0.305. The summed E-state index contributed by atoms with van der Waals surface area (Å²) in [6.07, 6.45) is 1.81. The molecule has 0 aliphatic heterocycles. The maximum atomic E-state index is 5.85. The Bertz CT molecular complexity index is 811. The maximum Gasteiger partial charge on any atom is 0.119 e. The molecule has 0 aromatic heterocycles. The average Bonchev–Trinajstić information content (AvgIpc) is 2.66. The zero-order valence-corrected chi connectivity index (χ0v) is 14.4. The molecule has 0 amide bonds. The third kappa shape index (κ3) is 5.21. The fourth-order valence-corrected chi connectivity index (χ4v) is 2.44. The largest absolute Gasteiger partial charge is 0.489 e. The molecule has 1 N–H and O–H groups in total. The molecule has 0 atom stereocenters. The summed E-state index contributed by atoms with van der Waals surface area (Å²) < 4.78 is 5.85. The molecule has 0 unspecified atom stereocenters. The number of rotatable bonds is 7. The normalized spacial score (nSPS) is 10.8. The van der Waals surface area contributed by atoms with Crippen molar-refractivity contribution in [1.82, 2.24) is 5.43 Å². The molecule has 126 valence electrons. The second-order valence-electron chi connectivity index (χ2n) is 5.86. The van der Waals surface area contributed by atoms with Gasteiger partial charge in [-0.05, 0) is 53.4 Å². The molecule has 0 spiro atoms. The van der Waals surface area contributed by atoms with Crippen molar-refractivity contribution in [2.24, 2.45) is 5.10 Å². The van der Waals surface area contributed by atoms with Gasteiger partial charge in [0.05, 0.1) is 12.8 Å². The lowest BCUT2D eigenvalue weighted by atomic mass is 10.1. The Balaban J connectivity index is 1.48. The van der Waals surface area contributed by atoms with Crippen LogP contribution >= 0.6 is 0 Å². The summed E-state index contributed by atoms with van der Waals surface area (Å²) in [5.41, 5.74) is 7.75. The smallest absolute Gasteiger partial charge is 0.119 e. The number of nitrogens with zero attached hydrogens (tertiary/aromatic N) is 1. The first-order valence-electron chi connectivity index (χ1n) is 8.38. The van der Waals surface area contributed by atoms with E-state index < -0.39 is 0 Å². The summed E-state index contributed by atoms with van der Waals surface area (Å²) in [7, 11) is 0. The molecule has 3 aromatic carbocycles. The van der Waals surface area contributed by atoms with Gasteiger partial charge in [-0.15, -0.1) is 0 Å². The quantitative estimate of drug-likeness (QED) is 0.503. The Labute approximate surface area is 149 Å². The van der Waals surface area contributed by atoms with Crippen LogP contribution < -0.4 is 10.2 Å². The van der Waals surface area contributed by atoms with Crippen LogP contribution in [0.2, 0.25) is 0 Å². The molecule has 0 saturated heterocycles. The number of ether oxygens (including phenoxy) is 1. The van der Waals surface area contributed by atoms with Crippen LogP contribution in [0, 0.1) is 6.92 Å². The van der Waals surface area contributed by atoms with Gasteiger partial charge in [0.15, 0.2) is 0 Å². The maximum absolute atomic E-state index is 5.85. The number of hydrogen-bond acceptors (Lipinski definition) is 3. The van der Waals surface area contributed by atoms with Crippen LogP contribution in [0.3, 0.4) is 0 Å². The van der Waals surface area contributed by atoms with Crippen LogP contribution in [0.5, 0.6) is 5.75 Å². The van der Waals surface area contributed by atoms with Crippen molar-refractivity contribution in [1.29, 1.82) is 0 Å². The van der Waals surface area contributed by atoms with E-state index in [2.05, 4.69) is 41.7 Å². The molecule has 0 radical (unpaired) electrons. The lowest BCUT2D eigenvalue weighted by Gasteiger charge is -2.08. The lowest BCUT2D eigenvalue weighted by Crippen LogP contribution is -2.05. The molecule has 0 aliphatic carbocycles. The predicted octanol–water partition coefficient (Wildman–Crippen LogP) is 4.70. The number of hydrogen-bond donors (Lipinski definition) is 1. The standard InChI is InChI=1S/C22H22N2O/c1-18-7-5-6-10-21(18)17-25-22-13-11-20(12-14-22)16-24-23-15-19-8-3-2-4-9-19/h2-14,16,23H,15,17H2,1H3. The van der Waals surface area contributed by atoms with E-state index in [1.807, 2.05) is 60.8 Å². The third-order valence-corrected chi connectivity index (χ3v) is 3.97. The highest BCUT2D eigenvalue weighted by atomic mass is 16.5. The van der Waals surface area contributed by atoms with Gasteiger partial charge in [-0.3, -0.25) is 0 Å². The Morgan fingerprint density at radius 1 is 0.880 bits per heavy atom. The average molecular weight is 330 g/mol. The SMILES string of the molecule is Cc1ccccc1COc1ccc(C=NNCc2ccccc2)cc1. The summed E-state index contributed by atoms with van der Waals surface area (Å²) in [6.45, 7) is 3.40. The minimum Gasteiger partial charge on any atom is -0.489 e. The van der Waals surface area contributed by atoms with Gasteiger partial charge in [0, 0.05) is 0 Å². The Hall–Kier alpha value is -3.07. The molecule has 3 aromatic rings. The van der Waals surface area contributed by atoms with Gasteiger partial charge < -0.3 is 10.2 Å². The number of hydrazone groups is 1. The van der Waals surface area contributed by atoms with Crippen molar-refractivity contribution in [3.8, 4) is 5.75 Å². The van der Waals surface area contributed by atoms with Crippen LogP contribution in [0.4, 0.5) is 0 Å². The number of benzene rings is 3. The highest BCUT2D eigenvalue weighted by Gasteiger charge is 1.99. The zero-order valence-electron chi connectivity index (χ0n) is 14.4. The van der Waals surface area contributed by atoms with E-state index in [4.69, 9.17) is 4.74 Å². The van der Waals surface area contributed by atoms with Crippen LogP contribution in [0.15, 0.2) is 84.0 Å². The first kappa shape index (κ1) is 16.8. The minimum absolute atomic E-state index is 0.582. The van der Waals surface area contributed by atoms with Gasteiger partial charge in [-0.2, -0.15) is 5.10 Å². The minimum atomic E-state index is 0.582. The van der Waals surface area contributed by atoms with Gasteiger partial charge in [0.1, 0.15) is 12.4 Å². The molecule has 3 nitrogen and oxygen atoms in total. The van der Waals surface area contributed by atoms with E-state index in [-0.39, 0.29) is 0 Å². The van der Waals surface area contributed by atoms with Crippen LogP contribution in [0.25, 0.3) is 0 Å². The van der Waals surface area contributed by atoms with E-state index in [0.717, 1.165) is 17.9 Å². The summed E-state index contributed by atoms with van der Waals surface area (Å²) in [4.78, 5) is 0. The summed E-state index contributed by atoms with van der Waals surface area (Å²) >= 11 is 0. The van der Waals surface area contributed by atoms with Gasteiger partial charge in [-0.1, -0.05) is 54.6 Å². The Morgan fingerprint density at radius 2 is 1.60 bits per heavy atom. The van der Waals surface area contributed by atoms with E-state index in [1.165, 1.54) is 16.7 Å². The van der Waals surface area contributed by atoms with Gasteiger partial charge in [-0.25, -0.2) is 0 Å². The highest BCUT2D eigenvalue weighted by Crippen LogP contribution is 2.15. The molecular weight excluding hydrogens is 308 g/mol. The molecule has 0 saturated carbocycles. The van der Waals surface area contributed by atoms with Crippen molar-refractivity contribution in [2.45, 2.75) is 20.1 Å². The molecule has 3 rings (SSSR count). The monoisotopic (exact) mass is 330 g/mol. The summed E-state index contributed by atoms with van der Waals surface area (Å²) in [5, 5.41) is 4.26. The van der Waals surface area contributed by atoms with Crippen molar-refractivity contribution >= 4 is 6.21 Å². The number of aryl methyl sites for hydroxylation is 1. The molecule has 0 fully saturated rings. The van der Waals surface area contributed by atoms with Gasteiger partial charge in [0.2, 0.25) is 0 Å². The van der Waals surface area contributed by atoms with Crippen LogP contribution in [0.1, 0.15) is 22.3 Å². The van der Waals surface area contributed by atoms with Crippen molar-refractivity contribution in [2.75, 3.05) is 0 Å². The topological polar surface area (TPSA) is 33.6 Å². The Kier molecular flexibility index (Phi) is 5.83. The fourth-order valence-electron chi connectivity index (χ4n) is 2.44. The molecule has 0 aliphatic rings. The second kappa shape index (κ2) is 8.69. The van der Waals surface area contributed by atoms with E-state index in [1.54, 1.807) is 0 Å². The van der Waals surface area contributed by atoms with E-state index in [0.29, 0.717) is 6.61 Å². The van der Waals surface area contributed by atoms with Crippen LogP contribution in [-0.4, -0.2) is 6.21 Å². The molecule has 3 heteroatoms. The predicted molar refractivity (Wildman–Crippen MR) is 103 cm³/mol. The summed E-state index contributed by atoms with van der Waals surface area (Å²) in [6, 6.07) is 26.4. The second-order valence-corrected chi connectivity index (χ2v) is 5.86. The fraction of sp³-hybridized carbons (Fsp3) is 0.136. The highest BCUT2D eigenvalue weighted by molar-refractivity contribution is 5.79. The van der Waals surface area contributed by atoms with E-state index >= 15 is 0 Å². The third-order valence-electron chi connectivity index (χ3n) is 3.97.